The number of ether oxygens (including phenoxy) is 2. The van der Waals surface area contributed by atoms with Gasteiger partial charge in [-0.1, -0.05) is 0 Å². The SMILES string of the molecule is COc1cc(OC)c(N(C)C)cc1N. The molecule has 0 aromatic heterocycles. The molecule has 0 bridgehead atoms. The van der Waals surface area contributed by atoms with Gasteiger partial charge in [-0.15, -0.1) is 0 Å². The Morgan fingerprint density at radius 3 is 2.07 bits per heavy atom. The van der Waals surface area contributed by atoms with E-state index < -0.39 is 0 Å². The van der Waals surface area contributed by atoms with E-state index in [1.54, 1.807) is 20.3 Å². The van der Waals surface area contributed by atoms with Gasteiger partial charge >= 0.3 is 0 Å². The fraction of sp³-hybridized carbons (Fsp3) is 0.400. The molecule has 0 amide bonds. The van der Waals surface area contributed by atoms with Crippen molar-refractivity contribution in [1.82, 2.24) is 0 Å². The summed E-state index contributed by atoms with van der Waals surface area (Å²) in [6.07, 6.45) is 0. The third-order valence-corrected chi connectivity index (χ3v) is 2.01. The van der Waals surface area contributed by atoms with E-state index in [9.17, 15) is 0 Å². The molecule has 78 valence electrons. The molecule has 2 N–H and O–H groups in total. The Hall–Kier alpha value is -1.58. The number of nitrogens with zero attached hydrogens (tertiary/aromatic N) is 1. The number of rotatable bonds is 3. The van der Waals surface area contributed by atoms with E-state index in [1.807, 2.05) is 25.1 Å². The van der Waals surface area contributed by atoms with Crippen molar-refractivity contribution in [2.45, 2.75) is 0 Å². The average Bonchev–Trinajstić information content (AvgIpc) is 2.17. The summed E-state index contributed by atoms with van der Waals surface area (Å²) in [4.78, 5) is 1.94. The highest BCUT2D eigenvalue weighted by molar-refractivity contribution is 5.70. The van der Waals surface area contributed by atoms with Gasteiger partial charge in [-0.05, 0) is 6.07 Å². The minimum atomic E-state index is 0.608. The Kier molecular flexibility index (Phi) is 3.06. The first-order valence-corrected chi connectivity index (χ1v) is 4.29. The van der Waals surface area contributed by atoms with Gasteiger partial charge in [0.1, 0.15) is 11.5 Å². The van der Waals surface area contributed by atoms with Crippen LogP contribution >= 0.6 is 0 Å². The summed E-state index contributed by atoms with van der Waals surface area (Å²) in [6, 6.07) is 3.61. The van der Waals surface area contributed by atoms with E-state index in [4.69, 9.17) is 15.2 Å². The van der Waals surface area contributed by atoms with Gasteiger partial charge in [0.2, 0.25) is 0 Å². The molecule has 4 nitrogen and oxygen atoms in total. The Bertz CT molecular complexity index is 324. The standard InChI is InChI=1S/C10H16N2O2/c1-12(2)8-5-7(11)9(13-3)6-10(8)14-4/h5-6H,11H2,1-4H3. The minimum absolute atomic E-state index is 0.608. The van der Waals surface area contributed by atoms with Crippen LogP contribution in [0.3, 0.4) is 0 Å². The molecule has 0 fully saturated rings. The zero-order chi connectivity index (χ0) is 10.7. The lowest BCUT2D eigenvalue weighted by Crippen LogP contribution is -2.11. The molecule has 0 radical (unpaired) electrons. The van der Waals surface area contributed by atoms with Crippen molar-refractivity contribution < 1.29 is 9.47 Å². The van der Waals surface area contributed by atoms with Crippen LogP contribution in [-0.4, -0.2) is 28.3 Å². The first-order chi connectivity index (χ1) is 6.60. The van der Waals surface area contributed by atoms with Gasteiger partial charge < -0.3 is 20.1 Å². The second-order valence-electron chi connectivity index (χ2n) is 3.16. The van der Waals surface area contributed by atoms with Crippen LogP contribution in [0.2, 0.25) is 0 Å². The van der Waals surface area contributed by atoms with Gasteiger partial charge in [0.25, 0.3) is 0 Å². The molecular formula is C10H16N2O2. The van der Waals surface area contributed by atoms with E-state index in [-0.39, 0.29) is 0 Å². The molecule has 1 rings (SSSR count). The van der Waals surface area contributed by atoms with E-state index >= 15 is 0 Å². The molecule has 0 aliphatic carbocycles. The molecule has 1 aromatic carbocycles. The van der Waals surface area contributed by atoms with Crippen molar-refractivity contribution in [1.29, 1.82) is 0 Å². The van der Waals surface area contributed by atoms with Crippen molar-refractivity contribution in [3.05, 3.63) is 12.1 Å². The van der Waals surface area contributed by atoms with E-state index in [1.165, 1.54) is 0 Å². The van der Waals surface area contributed by atoms with Gasteiger partial charge in [0.15, 0.2) is 0 Å². The largest absolute Gasteiger partial charge is 0.494 e. The maximum atomic E-state index is 5.79. The predicted octanol–water partition coefficient (Wildman–Crippen LogP) is 1.35. The van der Waals surface area contributed by atoms with Crippen molar-refractivity contribution >= 4 is 11.4 Å². The number of methoxy groups -OCH3 is 2. The van der Waals surface area contributed by atoms with Crippen LogP contribution in [0.5, 0.6) is 11.5 Å². The Balaban J connectivity index is 3.24. The first kappa shape index (κ1) is 10.5. The van der Waals surface area contributed by atoms with Crippen molar-refractivity contribution in [2.75, 3.05) is 38.9 Å². The quantitative estimate of drug-likeness (QED) is 0.741. The van der Waals surface area contributed by atoms with Crippen LogP contribution in [0.4, 0.5) is 11.4 Å². The fourth-order valence-electron chi connectivity index (χ4n) is 1.26. The molecule has 14 heavy (non-hydrogen) atoms. The number of hydrogen-bond acceptors (Lipinski definition) is 4. The Labute approximate surface area is 84.2 Å². The highest BCUT2D eigenvalue weighted by atomic mass is 16.5. The Morgan fingerprint density at radius 1 is 1.07 bits per heavy atom. The normalized spacial score (nSPS) is 9.71. The summed E-state index contributed by atoms with van der Waals surface area (Å²) in [5, 5.41) is 0. The summed E-state index contributed by atoms with van der Waals surface area (Å²) >= 11 is 0. The molecule has 0 heterocycles. The maximum absolute atomic E-state index is 5.79. The number of hydrogen-bond donors (Lipinski definition) is 1. The van der Waals surface area contributed by atoms with Crippen LogP contribution in [0.15, 0.2) is 12.1 Å². The molecule has 0 saturated carbocycles. The van der Waals surface area contributed by atoms with E-state index in [2.05, 4.69) is 0 Å². The van der Waals surface area contributed by atoms with Crippen LogP contribution in [0.25, 0.3) is 0 Å². The van der Waals surface area contributed by atoms with Gasteiger partial charge in [0, 0.05) is 20.2 Å². The van der Waals surface area contributed by atoms with Crippen LogP contribution in [0.1, 0.15) is 0 Å². The lowest BCUT2D eigenvalue weighted by atomic mass is 10.2. The second kappa shape index (κ2) is 4.09. The van der Waals surface area contributed by atoms with E-state index in [0.717, 1.165) is 11.4 Å². The second-order valence-corrected chi connectivity index (χ2v) is 3.16. The fourth-order valence-corrected chi connectivity index (χ4v) is 1.26. The summed E-state index contributed by atoms with van der Waals surface area (Å²) in [7, 11) is 7.08. The zero-order valence-electron chi connectivity index (χ0n) is 9.00. The predicted molar refractivity (Wildman–Crippen MR) is 58.3 cm³/mol. The molecule has 0 spiro atoms. The molecular weight excluding hydrogens is 180 g/mol. The Morgan fingerprint density at radius 2 is 1.64 bits per heavy atom. The third-order valence-electron chi connectivity index (χ3n) is 2.01. The molecule has 0 aliphatic rings. The highest BCUT2D eigenvalue weighted by Gasteiger charge is 2.09. The van der Waals surface area contributed by atoms with Gasteiger partial charge in [-0.2, -0.15) is 0 Å². The summed E-state index contributed by atoms with van der Waals surface area (Å²) in [6.45, 7) is 0. The highest BCUT2D eigenvalue weighted by Crippen LogP contribution is 2.35. The monoisotopic (exact) mass is 196 g/mol. The average molecular weight is 196 g/mol. The van der Waals surface area contributed by atoms with Crippen LogP contribution in [-0.2, 0) is 0 Å². The number of anilines is 2. The number of nitrogen functional groups attached to an aromatic ring is 1. The van der Waals surface area contributed by atoms with Crippen molar-refractivity contribution in [2.24, 2.45) is 0 Å². The zero-order valence-corrected chi connectivity index (χ0v) is 9.00. The molecule has 4 heteroatoms. The first-order valence-electron chi connectivity index (χ1n) is 4.29. The molecule has 0 aliphatic heterocycles. The molecule has 0 unspecified atom stereocenters. The molecule has 0 atom stereocenters. The number of nitrogens with two attached hydrogens (primary N) is 1. The topological polar surface area (TPSA) is 47.7 Å². The molecule has 1 aromatic rings. The van der Waals surface area contributed by atoms with Crippen molar-refractivity contribution in [3.63, 3.8) is 0 Å². The lowest BCUT2D eigenvalue weighted by molar-refractivity contribution is 0.396. The smallest absolute Gasteiger partial charge is 0.145 e. The third kappa shape index (κ3) is 1.84. The van der Waals surface area contributed by atoms with Gasteiger partial charge in [-0.25, -0.2) is 0 Å². The van der Waals surface area contributed by atoms with Crippen LogP contribution < -0.4 is 20.1 Å². The van der Waals surface area contributed by atoms with Crippen molar-refractivity contribution in [3.8, 4) is 11.5 Å². The maximum Gasteiger partial charge on any atom is 0.145 e. The molecule has 0 saturated heterocycles. The summed E-state index contributed by atoms with van der Waals surface area (Å²) < 4.78 is 10.3. The van der Waals surface area contributed by atoms with Gasteiger partial charge in [-0.3, -0.25) is 0 Å². The number of benzene rings is 1. The summed E-state index contributed by atoms with van der Waals surface area (Å²) in [5.41, 5.74) is 7.33. The van der Waals surface area contributed by atoms with Crippen LogP contribution in [0, 0.1) is 0 Å². The summed E-state index contributed by atoms with van der Waals surface area (Å²) in [5.74, 6) is 1.38. The minimum Gasteiger partial charge on any atom is -0.494 e. The van der Waals surface area contributed by atoms with Gasteiger partial charge in [0.05, 0.1) is 25.6 Å². The van der Waals surface area contributed by atoms with E-state index in [0.29, 0.717) is 11.4 Å². The lowest BCUT2D eigenvalue weighted by Gasteiger charge is -2.18.